The summed E-state index contributed by atoms with van der Waals surface area (Å²) in [6.07, 6.45) is -2.24. The van der Waals surface area contributed by atoms with E-state index in [0.717, 1.165) is 30.7 Å². The summed E-state index contributed by atoms with van der Waals surface area (Å²) in [6.45, 7) is 2.68. The smallest absolute Gasteiger partial charge is 0.369 e. The third-order valence-corrected chi connectivity index (χ3v) is 4.78. The summed E-state index contributed by atoms with van der Waals surface area (Å²) in [6, 6.07) is 1.89. The van der Waals surface area contributed by atoms with Crippen molar-refractivity contribution < 1.29 is 13.2 Å². The van der Waals surface area contributed by atoms with Crippen molar-refractivity contribution in [1.82, 2.24) is 4.98 Å². The van der Waals surface area contributed by atoms with Crippen molar-refractivity contribution in [3.8, 4) is 0 Å². The van der Waals surface area contributed by atoms with E-state index in [2.05, 4.69) is 22.7 Å². The number of alkyl halides is 3. The number of pyridine rings is 1. The fraction of sp³-hybridized carbons (Fsp3) is 0.583. The first-order valence-corrected chi connectivity index (χ1v) is 7.25. The number of nitrogen functional groups attached to an aromatic ring is 1. The van der Waals surface area contributed by atoms with Gasteiger partial charge in [0, 0.05) is 11.3 Å². The van der Waals surface area contributed by atoms with Gasteiger partial charge in [0.2, 0.25) is 0 Å². The molecule has 1 atom stereocenters. The third kappa shape index (κ3) is 3.69. The van der Waals surface area contributed by atoms with Crippen LogP contribution in [0.4, 0.5) is 24.8 Å². The maximum atomic E-state index is 12.8. The predicted octanol–water partition coefficient (Wildman–Crippen LogP) is 3.08. The van der Waals surface area contributed by atoms with Crippen molar-refractivity contribution in [2.45, 2.75) is 30.7 Å². The second-order valence-corrected chi connectivity index (χ2v) is 6.71. The highest BCUT2D eigenvalue weighted by Crippen LogP contribution is 2.38. The standard InChI is InChI=1S/C12H17F3N4S/c1-11(3-2-4-20-11)7-17-9-5-8(12(13,14)15)6-10(18-9)19-16/h5-6H,2-4,7,16H2,1H3,(H2,17,18,19). The number of nitrogens with one attached hydrogen (secondary N) is 2. The van der Waals surface area contributed by atoms with Gasteiger partial charge in [0.15, 0.2) is 0 Å². The van der Waals surface area contributed by atoms with Crippen molar-refractivity contribution >= 4 is 23.4 Å². The van der Waals surface area contributed by atoms with E-state index in [1.165, 1.54) is 0 Å². The van der Waals surface area contributed by atoms with Gasteiger partial charge in [-0.05, 0) is 37.7 Å². The summed E-state index contributed by atoms with van der Waals surface area (Å²) < 4.78 is 38.4. The number of rotatable bonds is 4. The summed E-state index contributed by atoms with van der Waals surface area (Å²) in [5.74, 6) is 6.42. The number of halogens is 3. The Bertz CT molecular complexity index is 472. The van der Waals surface area contributed by atoms with Gasteiger partial charge in [0.05, 0.1) is 5.56 Å². The highest BCUT2D eigenvalue weighted by molar-refractivity contribution is 8.00. The zero-order valence-electron chi connectivity index (χ0n) is 11.0. The third-order valence-electron chi connectivity index (χ3n) is 3.24. The molecule has 1 fully saturated rings. The number of hydrazine groups is 1. The fourth-order valence-corrected chi connectivity index (χ4v) is 3.36. The van der Waals surface area contributed by atoms with Crippen LogP contribution in [0.25, 0.3) is 0 Å². The molecule has 0 bridgehead atoms. The Morgan fingerprint density at radius 3 is 2.65 bits per heavy atom. The monoisotopic (exact) mass is 306 g/mol. The number of thioether (sulfide) groups is 1. The minimum Gasteiger partial charge on any atom is -0.369 e. The van der Waals surface area contributed by atoms with Crippen LogP contribution in [0.5, 0.6) is 0 Å². The largest absolute Gasteiger partial charge is 0.416 e. The molecule has 112 valence electrons. The molecule has 8 heteroatoms. The molecule has 0 aromatic carbocycles. The number of anilines is 2. The van der Waals surface area contributed by atoms with E-state index in [9.17, 15) is 13.2 Å². The SMILES string of the molecule is CC1(CNc2cc(C(F)(F)F)cc(NN)n2)CCCS1. The molecular weight excluding hydrogens is 289 g/mol. The summed E-state index contributed by atoms with van der Waals surface area (Å²) in [4.78, 5) is 4.00. The Hall–Kier alpha value is -1.15. The zero-order valence-corrected chi connectivity index (χ0v) is 11.9. The normalized spacial score (nSPS) is 22.9. The number of aromatic nitrogens is 1. The molecule has 1 aromatic heterocycles. The molecule has 2 rings (SSSR count). The maximum absolute atomic E-state index is 12.8. The molecule has 0 saturated carbocycles. The quantitative estimate of drug-likeness (QED) is 0.589. The molecule has 4 nitrogen and oxygen atoms in total. The van der Waals surface area contributed by atoms with Crippen LogP contribution in [0.1, 0.15) is 25.3 Å². The Morgan fingerprint density at radius 2 is 2.10 bits per heavy atom. The van der Waals surface area contributed by atoms with E-state index in [4.69, 9.17) is 5.84 Å². The van der Waals surface area contributed by atoms with Gasteiger partial charge in [-0.2, -0.15) is 24.9 Å². The Balaban J connectivity index is 2.14. The molecule has 20 heavy (non-hydrogen) atoms. The van der Waals surface area contributed by atoms with Crippen LogP contribution in [0.2, 0.25) is 0 Å². The van der Waals surface area contributed by atoms with E-state index in [1.54, 1.807) is 0 Å². The molecule has 1 aliphatic rings. The molecule has 0 aliphatic carbocycles. The van der Waals surface area contributed by atoms with Crippen LogP contribution in [0, 0.1) is 0 Å². The minimum absolute atomic E-state index is 0.00782. The fourth-order valence-electron chi connectivity index (χ4n) is 2.11. The van der Waals surface area contributed by atoms with Crippen LogP contribution in [-0.4, -0.2) is 22.0 Å². The average Bonchev–Trinajstić information content (AvgIpc) is 2.82. The molecule has 1 unspecified atom stereocenters. The van der Waals surface area contributed by atoms with Crippen molar-refractivity contribution in [2.24, 2.45) is 5.84 Å². The van der Waals surface area contributed by atoms with E-state index < -0.39 is 11.7 Å². The first-order valence-electron chi connectivity index (χ1n) is 6.26. The predicted molar refractivity (Wildman–Crippen MR) is 75.6 cm³/mol. The Kier molecular flexibility index (Phi) is 4.33. The van der Waals surface area contributed by atoms with Gasteiger partial charge >= 0.3 is 6.18 Å². The molecule has 1 saturated heterocycles. The highest BCUT2D eigenvalue weighted by Gasteiger charge is 2.32. The molecule has 1 aliphatic heterocycles. The van der Waals surface area contributed by atoms with Gasteiger partial charge in [-0.3, -0.25) is 0 Å². The number of hydrogen-bond acceptors (Lipinski definition) is 5. The summed E-state index contributed by atoms with van der Waals surface area (Å²) in [5.41, 5.74) is 1.39. The lowest BCUT2D eigenvalue weighted by molar-refractivity contribution is -0.137. The molecule has 0 radical (unpaired) electrons. The van der Waals surface area contributed by atoms with Crippen LogP contribution in [0.3, 0.4) is 0 Å². The lowest BCUT2D eigenvalue weighted by Gasteiger charge is -2.23. The Morgan fingerprint density at radius 1 is 1.40 bits per heavy atom. The highest BCUT2D eigenvalue weighted by atomic mass is 32.2. The summed E-state index contributed by atoms with van der Waals surface area (Å²) in [5, 5.41) is 2.99. The molecule has 4 N–H and O–H groups in total. The van der Waals surface area contributed by atoms with Crippen LogP contribution < -0.4 is 16.6 Å². The van der Waals surface area contributed by atoms with Crippen molar-refractivity contribution in [3.63, 3.8) is 0 Å². The topological polar surface area (TPSA) is 63.0 Å². The van der Waals surface area contributed by atoms with Gasteiger partial charge in [0.25, 0.3) is 0 Å². The number of nitrogens with zero attached hydrogens (tertiary/aromatic N) is 1. The van der Waals surface area contributed by atoms with Gasteiger partial charge in [-0.15, -0.1) is 0 Å². The molecule has 0 amide bonds. The van der Waals surface area contributed by atoms with Crippen LogP contribution in [-0.2, 0) is 6.18 Å². The van der Waals surface area contributed by atoms with Crippen molar-refractivity contribution in [1.29, 1.82) is 0 Å². The first-order chi connectivity index (χ1) is 9.32. The van der Waals surface area contributed by atoms with E-state index in [1.807, 2.05) is 11.8 Å². The summed E-state index contributed by atoms with van der Waals surface area (Å²) >= 11 is 1.83. The van der Waals surface area contributed by atoms with Gasteiger partial charge in [-0.25, -0.2) is 10.8 Å². The average molecular weight is 306 g/mol. The van der Waals surface area contributed by atoms with Crippen molar-refractivity contribution in [2.75, 3.05) is 23.0 Å². The lowest BCUT2D eigenvalue weighted by Crippen LogP contribution is -2.27. The molecule has 0 spiro atoms. The lowest BCUT2D eigenvalue weighted by atomic mass is 10.1. The summed E-state index contributed by atoms with van der Waals surface area (Å²) in [7, 11) is 0. The number of hydrogen-bond donors (Lipinski definition) is 3. The van der Waals surface area contributed by atoms with Gasteiger partial charge < -0.3 is 10.7 Å². The molecule has 1 aromatic rings. The van der Waals surface area contributed by atoms with Crippen LogP contribution in [0.15, 0.2) is 12.1 Å². The second-order valence-electron chi connectivity index (χ2n) is 5.02. The van der Waals surface area contributed by atoms with Crippen molar-refractivity contribution in [3.05, 3.63) is 17.7 Å². The Labute approximate surface area is 119 Å². The van der Waals surface area contributed by atoms with E-state index >= 15 is 0 Å². The first kappa shape index (κ1) is 15.2. The molecular formula is C12H17F3N4S. The maximum Gasteiger partial charge on any atom is 0.416 e. The van der Waals surface area contributed by atoms with E-state index in [-0.39, 0.29) is 16.4 Å². The van der Waals surface area contributed by atoms with Gasteiger partial charge in [-0.1, -0.05) is 0 Å². The van der Waals surface area contributed by atoms with E-state index in [0.29, 0.717) is 6.54 Å². The second kappa shape index (κ2) is 5.69. The molecule has 2 heterocycles. The van der Waals surface area contributed by atoms with Crippen LogP contribution >= 0.6 is 11.8 Å². The minimum atomic E-state index is -4.42. The number of nitrogens with two attached hydrogens (primary N) is 1. The zero-order chi connectivity index (χ0) is 14.8. The van der Waals surface area contributed by atoms with Gasteiger partial charge in [0.1, 0.15) is 11.6 Å².